The number of aromatic nitrogens is 3. The molecule has 0 unspecified atom stereocenters. The fourth-order valence-corrected chi connectivity index (χ4v) is 7.94. The first-order chi connectivity index (χ1) is 20.1. The second-order valence-electron chi connectivity index (χ2n) is 11.4. The fourth-order valence-electron chi connectivity index (χ4n) is 6.82. The van der Waals surface area contributed by atoms with E-state index in [0.717, 1.165) is 34.0 Å². The average Bonchev–Trinajstić information content (AvgIpc) is 3.62. The molecule has 9 rings (SSSR count). The largest absolute Gasteiger partial charge is 0.293 e. The van der Waals surface area contributed by atoms with Gasteiger partial charge in [-0.15, -0.1) is 11.3 Å². The van der Waals surface area contributed by atoms with Crippen LogP contribution < -0.4 is 0 Å². The lowest BCUT2D eigenvalue weighted by molar-refractivity contribution is 0.635. The molecule has 0 fully saturated rings. The van der Waals surface area contributed by atoms with Crippen molar-refractivity contribution in [2.45, 2.75) is 19.3 Å². The molecule has 0 radical (unpaired) electrons. The smallest absolute Gasteiger partial charge is 0.161 e. The Bertz CT molecular complexity index is 2340. The van der Waals surface area contributed by atoms with Crippen LogP contribution in [-0.4, -0.2) is 14.5 Å². The highest BCUT2D eigenvalue weighted by molar-refractivity contribution is 7.25. The van der Waals surface area contributed by atoms with Gasteiger partial charge < -0.3 is 0 Å². The van der Waals surface area contributed by atoms with Crippen LogP contribution in [0.5, 0.6) is 0 Å². The van der Waals surface area contributed by atoms with Crippen molar-refractivity contribution in [2.24, 2.45) is 0 Å². The molecule has 8 aromatic rings. The SMILES string of the molecule is CC1(C)c2ccccc2-c2c(-n3c4ccccc4c4cc5c(cc43)sc3ccccc35)nc(-c3ccccc3)nc21. The molecular weight excluding hydrogens is 518 g/mol. The number of fused-ring (bicyclic) bond motifs is 9. The van der Waals surface area contributed by atoms with Gasteiger partial charge in [0.05, 0.1) is 16.7 Å². The number of para-hydroxylation sites is 1. The van der Waals surface area contributed by atoms with E-state index in [1.807, 2.05) is 17.4 Å². The molecule has 4 heteroatoms. The van der Waals surface area contributed by atoms with E-state index in [1.54, 1.807) is 0 Å². The lowest BCUT2D eigenvalue weighted by Gasteiger charge is -2.21. The molecule has 0 bridgehead atoms. The Balaban J connectivity index is 1.47. The number of benzene rings is 5. The van der Waals surface area contributed by atoms with Crippen LogP contribution in [0.15, 0.2) is 115 Å². The predicted octanol–water partition coefficient (Wildman–Crippen LogP) is 9.91. The van der Waals surface area contributed by atoms with E-state index in [-0.39, 0.29) is 5.41 Å². The van der Waals surface area contributed by atoms with E-state index in [0.29, 0.717) is 0 Å². The van der Waals surface area contributed by atoms with Gasteiger partial charge in [0.1, 0.15) is 5.82 Å². The summed E-state index contributed by atoms with van der Waals surface area (Å²) < 4.78 is 4.99. The Hall–Kier alpha value is -4.80. The number of hydrogen-bond donors (Lipinski definition) is 0. The fraction of sp³-hybridized carbons (Fsp3) is 0.0811. The number of hydrogen-bond acceptors (Lipinski definition) is 3. The maximum atomic E-state index is 5.40. The normalized spacial score (nSPS) is 13.8. The standard InChI is InChI=1S/C37H25N3S/c1-37(2)28-17-9-6-16-25(28)33-34(37)38-35(22-12-4-3-5-13-22)39-36(33)40-29-18-10-7-14-23(29)26-20-27-24-15-8-11-19-31(24)41-32(27)21-30(26)40/h3-21H,1-2H3. The van der Waals surface area contributed by atoms with Gasteiger partial charge in [-0.1, -0.05) is 105 Å². The van der Waals surface area contributed by atoms with E-state index in [1.165, 1.54) is 47.6 Å². The summed E-state index contributed by atoms with van der Waals surface area (Å²) in [5, 5.41) is 5.11. The van der Waals surface area contributed by atoms with Gasteiger partial charge in [0.15, 0.2) is 5.82 Å². The molecule has 41 heavy (non-hydrogen) atoms. The molecule has 0 spiro atoms. The van der Waals surface area contributed by atoms with Gasteiger partial charge in [-0.25, -0.2) is 9.97 Å². The second-order valence-corrected chi connectivity index (χ2v) is 12.5. The summed E-state index contributed by atoms with van der Waals surface area (Å²) in [6.07, 6.45) is 0. The molecule has 0 aliphatic heterocycles. The van der Waals surface area contributed by atoms with E-state index in [9.17, 15) is 0 Å². The zero-order valence-corrected chi connectivity index (χ0v) is 23.5. The van der Waals surface area contributed by atoms with Gasteiger partial charge in [-0.05, 0) is 35.4 Å². The van der Waals surface area contributed by atoms with Crippen LogP contribution in [0, 0.1) is 0 Å². The first-order valence-corrected chi connectivity index (χ1v) is 14.8. The van der Waals surface area contributed by atoms with Crippen LogP contribution in [0.1, 0.15) is 25.1 Å². The van der Waals surface area contributed by atoms with Crippen LogP contribution in [0.2, 0.25) is 0 Å². The van der Waals surface area contributed by atoms with Gasteiger partial charge in [-0.2, -0.15) is 0 Å². The summed E-state index contributed by atoms with van der Waals surface area (Å²) in [6, 6.07) is 41.3. The molecule has 3 nitrogen and oxygen atoms in total. The summed E-state index contributed by atoms with van der Waals surface area (Å²) in [6.45, 7) is 4.58. The molecule has 0 N–H and O–H groups in total. The van der Waals surface area contributed by atoms with Gasteiger partial charge >= 0.3 is 0 Å². The number of nitrogens with zero attached hydrogens (tertiary/aromatic N) is 3. The molecule has 1 aliphatic rings. The molecular formula is C37H25N3S. The van der Waals surface area contributed by atoms with Crippen molar-refractivity contribution in [1.29, 1.82) is 0 Å². The zero-order chi connectivity index (χ0) is 27.3. The van der Waals surface area contributed by atoms with Crippen LogP contribution in [-0.2, 0) is 5.41 Å². The quantitative estimate of drug-likeness (QED) is 0.217. The molecule has 0 amide bonds. The molecule has 3 aromatic heterocycles. The van der Waals surface area contributed by atoms with E-state index in [4.69, 9.17) is 9.97 Å². The predicted molar refractivity (Wildman–Crippen MR) is 172 cm³/mol. The maximum absolute atomic E-state index is 5.40. The van der Waals surface area contributed by atoms with Crippen LogP contribution in [0.25, 0.3) is 70.3 Å². The summed E-state index contributed by atoms with van der Waals surface area (Å²) in [4.78, 5) is 10.7. The topological polar surface area (TPSA) is 30.7 Å². The first-order valence-electron chi connectivity index (χ1n) is 14.0. The molecule has 3 heterocycles. The van der Waals surface area contributed by atoms with Gasteiger partial charge in [0.2, 0.25) is 0 Å². The minimum absolute atomic E-state index is 0.245. The first kappa shape index (κ1) is 23.0. The van der Waals surface area contributed by atoms with Crippen molar-refractivity contribution in [3.05, 3.63) is 127 Å². The van der Waals surface area contributed by atoms with Gasteiger partial charge in [-0.3, -0.25) is 4.57 Å². The van der Waals surface area contributed by atoms with Crippen LogP contribution in [0.4, 0.5) is 0 Å². The maximum Gasteiger partial charge on any atom is 0.161 e. The summed E-state index contributed by atoms with van der Waals surface area (Å²) in [5.74, 6) is 1.70. The van der Waals surface area contributed by atoms with Crippen molar-refractivity contribution in [1.82, 2.24) is 14.5 Å². The van der Waals surface area contributed by atoms with Crippen molar-refractivity contribution in [3.63, 3.8) is 0 Å². The average molecular weight is 544 g/mol. The molecule has 0 atom stereocenters. The molecule has 0 saturated heterocycles. The summed E-state index contributed by atoms with van der Waals surface area (Å²) in [5.41, 5.74) is 7.83. The van der Waals surface area contributed by atoms with E-state index >= 15 is 0 Å². The van der Waals surface area contributed by atoms with Crippen molar-refractivity contribution < 1.29 is 0 Å². The third kappa shape index (κ3) is 3.08. The second kappa shape index (κ2) is 8.12. The lowest BCUT2D eigenvalue weighted by Crippen LogP contribution is -2.18. The molecule has 1 aliphatic carbocycles. The third-order valence-electron chi connectivity index (χ3n) is 8.77. The van der Waals surface area contributed by atoms with E-state index < -0.39 is 0 Å². The Kier molecular flexibility index (Phi) is 4.55. The molecule has 0 saturated carbocycles. The minimum Gasteiger partial charge on any atom is -0.293 e. The Morgan fingerprint density at radius 1 is 0.610 bits per heavy atom. The minimum atomic E-state index is -0.245. The Morgan fingerprint density at radius 3 is 2.22 bits per heavy atom. The highest BCUT2D eigenvalue weighted by Gasteiger charge is 2.40. The highest BCUT2D eigenvalue weighted by Crippen LogP contribution is 2.51. The zero-order valence-electron chi connectivity index (χ0n) is 22.7. The van der Waals surface area contributed by atoms with Crippen LogP contribution in [0.3, 0.4) is 0 Å². The summed E-state index contributed by atoms with van der Waals surface area (Å²) in [7, 11) is 0. The lowest BCUT2D eigenvalue weighted by atomic mass is 9.85. The number of thiophene rings is 1. The van der Waals surface area contributed by atoms with Crippen molar-refractivity contribution in [2.75, 3.05) is 0 Å². The Morgan fingerprint density at radius 2 is 1.34 bits per heavy atom. The van der Waals surface area contributed by atoms with Crippen LogP contribution >= 0.6 is 11.3 Å². The van der Waals surface area contributed by atoms with Crippen molar-refractivity contribution in [3.8, 4) is 28.3 Å². The Labute approximate surface area is 241 Å². The number of rotatable bonds is 2. The summed E-state index contributed by atoms with van der Waals surface area (Å²) >= 11 is 1.86. The molecule has 5 aromatic carbocycles. The molecule has 194 valence electrons. The monoisotopic (exact) mass is 543 g/mol. The highest BCUT2D eigenvalue weighted by atomic mass is 32.1. The van der Waals surface area contributed by atoms with Gasteiger partial charge in [0, 0.05) is 47.5 Å². The van der Waals surface area contributed by atoms with E-state index in [2.05, 4.69) is 128 Å². The van der Waals surface area contributed by atoms with Crippen molar-refractivity contribution >= 4 is 53.3 Å². The third-order valence-corrected chi connectivity index (χ3v) is 9.90. The van der Waals surface area contributed by atoms with Gasteiger partial charge in [0.25, 0.3) is 0 Å².